The van der Waals surface area contributed by atoms with Gasteiger partial charge in [-0.25, -0.2) is 0 Å². The molecule has 0 radical (unpaired) electrons. The summed E-state index contributed by atoms with van der Waals surface area (Å²) >= 11 is 0. The van der Waals surface area contributed by atoms with Crippen molar-refractivity contribution in [3.8, 4) is 0 Å². The molecule has 2 N–H and O–H groups in total. The molecule has 1 aromatic carbocycles. The van der Waals surface area contributed by atoms with Gasteiger partial charge in [-0.3, -0.25) is 9.78 Å². The Morgan fingerprint density at radius 1 is 1.22 bits per heavy atom. The van der Waals surface area contributed by atoms with Crippen molar-refractivity contribution < 1.29 is 4.79 Å². The molecule has 92 valence electrons. The van der Waals surface area contributed by atoms with Crippen LogP contribution in [-0.4, -0.2) is 17.9 Å². The van der Waals surface area contributed by atoms with Gasteiger partial charge in [-0.05, 0) is 31.2 Å². The minimum atomic E-state index is -0.134. The largest absolute Gasteiger partial charge is 0.387 e. The zero-order chi connectivity index (χ0) is 13.0. The molecule has 0 atom stereocenters. The zero-order valence-corrected chi connectivity index (χ0v) is 10.4. The number of pyridine rings is 1. The Bertz CT molecular complexity index is 566. The summed E-state index contributed by atoms with van der Waals surface area (Å²) in [6.45, 7) is 1.89. The number of para-hydroxylation sites is 1. The summed E-state index contributed by atoms with van der Waals surface area (Å²) in [5.74, 6) is -0.134. The van der Waals surface area contributed by atoms with Crippen molar-refractivity contribution in [3.05, 3.63) is 53.9 Å². The van der Waals surface area contributed by atoms with E-state index in [0.717, 1.165) is 17.1 Å². The molecule has 0 bridgehead atoms. The van der Waals surface area contributed by atoms with Crippen molar-refractivity contribution in [2.75, 3.05) is 17.7 Å². The number of nitrogens with one attached hydrogen (secondary N) is 2. The Balaban J connectivity index is 2.22. The third-order valence-corrected chi connectivity index (χ3v) is 2.60. The molecule has 2 aromatic rings. The first-order valence-corrected chi connectivity index (χ1v) is 5.71. The number of aryl methyl sites for hydroxylation is 1. The predicted molar refractivity (Wildman–Crippen MR) is 72.9 cm³/mol. The number of aromatic nitrogens is 1. The van der Waals surface area contributed by atoms with Crippen LogP contribution in [0.1, 0.15) is 16.1 Å². The fourth-order valence-corrected chi connectivity index (χ4v) is 1.72. The molecule has 1 amide bonds. The van der Waals surface area contributed by atoms with Crippen LogP contribution in [0.15, 0.2) is 42.6 Å². The van der Waals surface area contributed by atoms with Crippen molar-refractivity contribution >= 4 is 17.3 Å². The molecule has 4 nitrogen and oxygen atoms in total. The number of hydrogen-bond donors (Lipinski definition) is 2. The van der Waals surface area contributed by atoms with Gasteiger partial charge in [0.2, 0.25) is 0 Å². The van der Waals surface area contributed by atoms with E-state index < -0.39 is 0 Å². The summed E-state index contributed by atoms with van der Waals surface area (Å²) in [7, 11) is 1.79. The number of hydrogen-bond acceptors (Lipinski definition) is 3. The maximum absolute atomic E-state index is 12.1. The van der Waals surface area contributed by atoms with Crippen LogP contribution in [0.25, 0.3) is 0 Å². The van der Waals surface area contributed by atoms with Gasteiger partial charge in [-0.15, -0.1) is 0 Å². The van der Waals surface area contributed by atoms with Gasteiger partial charge in [-0.2, -0.15) is 0 Å². The lowest BCUT2D eigenvalue weighted by Gasteiger charge is -2.09. The molecule has 1 heterocycles. The maximum Gasteiger partial charge on any atom is 0.257 e. The second-order valence-corrected chi connectivity index (χ2v) is 3.94. The molecule has 0 aliphatic carbocycles. The number of carbonyl (C=O) groups excluding carboxylic acids is 1. The van der Waals surface area contributed by atoms with E-state index >= 15 is 0 Å². The highest BCUT2D eigenvalue weighted by atomic mass is 16.1. The van der Waals surface area contributed by atoms with E-state index in [0.29, 0.717) is 5.56 Å². The van der Waals surface area contributed by atoms with Crippen LogP contribution in [0, 0.1) is 6.92 Å². The first-order chi connectivity index (χ1) is 8.70. The molecule has 2 rings (SSSR count). The summed E-state index contributed by atoms with van der Waals surface area (Å²) in [5, 5.41) is 5.86. The molecule has 0 fully saturated rings. The lowest BCUT2D eigenvalue weighted by atomic mass is 10.1. The molecule has 0 aliphatic heterocycles. The van der Waals surface area contributed by atoms with Gasteiger partial charge >= 0.3 is 0 Å². The van der Waals surface area contributed by atoms with Crippen LogP contribution in [0.3, 0.4) is 0 Å². The fraction of sp³-hybridized carbons (Fsp3) is 0.143. The lowest BCUT2D eigenvalue weighted by Crippen LogP contribution is -2.14. The summed E-state index contributed by atoms with van der Waals surface area (Å²) in [6.07, 6.45) is 1.68. The molecule has 0 aliphatic rings. The van der Waals surface area contributed by atoms with Crippen LogP contribution in [0.5, 0.6) is 0 Å². The second kappa shape index (κ2) is 5.31. The van der Waals surface area contributed by atoms with Gasteiger partial charge in [0.15, 0.2) is 0 Å². The molecule has 0 saturated heterocycles. The highest BCUT2D eigenvalue weighted by molar-refractivity contribution is 6.08. The van der Waals surface area contributed by atoms with Crippen LogP contribution in [0.2, 0.25) is 0 Å². The monoisotopic (exact) mass is 241 g/mol. The molecule has 0 spiro atoms. The number of anilines is 2. The van der Waals surface area contributed by atoms with Crippen molar-refractivity contribution in [1.82, 2.24) is 4.98 Å². The Hall–Kier alpha value is -2.36. The lowest BCUT2D eigenvalue weighted by molar-refractivity contribution is 0.102. The van der Waals surface area contributed by atoms with Crippen molar-refractivity contribution in [3.63, 3.8) is 0 Å². The van der Waals surface area contributed by atoms with Gasteiger partial charge in [0.25, 0.3) is 5.91 Å². The van der Waals surface area contributed by atoms with Crippen LogP contribution in [-0.2, 0) is 0 Å². The average Bonchev–Trinajstić information content (AvgIpc) is 2.38. The summed E-state index contributed by atoms with van der Waals surface area (Å²) in [6, 6.07) is 11.0. The van der Waals surface area contributed by atoms with Gasteiger partial charge in [0.05, 0.1) is 5.56 Å². The normalized spacial score (nSPS) is 9.89. The van der Waals surface area contributed by atoms with Crippen LogP contribution >= 0.6 is 0 Å². The summed E-state index contributed by atoms with van der Waals surface area (Å²) < 4.78 is 0. The van der Waals surface area contributed by atoms with E-state index in [1.807, 2.05) is 31.2 Å². The fourth-order valence-electron chi connectivity index (χ4n) is 1.72. The number of benzene rings is 1. The van der Waals surface area contributed by atoms with Crippen molar-refractivity contribution in [2.24, 2.45) is 0 Å². The Kier molecular flexibility index (Phi) is 3.57. The molecular weight excluding hydrogens is 226 g/mol. The number of carbonyl (C=O) groups is 1. The van der Waals surface area contributed by atoms with Gasteiger partial charge in [0, 0.05) is 30.3 Å². The van der Waals surface area contributed by atoms with Crippen LogP contribution in [0.4, 0.5) is 11.4 Å². The first-order valence-electron chi connectivity index (χ1n) is 5.71. The zero-order valence-electron chi connectivity index (χ0n) is 10.4. The van der Waals surface area contributed by atoms with Crippen molar-refractivity contribution in [1.29, 1.82) is 0 Å². The van der Waals surface area contributed by atoms with Crippen LogP contribution < -0.4 is 10.6 Å². The molecule has 1 aromatic heterocycles. The molecule has 0 unspecified atom stereocenters. The smallest absolute Gasteiger partial charge is 0.257 e. The van der Waals surface area contributed by atoms with E-state index in [4.69, 9.17) is 0 Å². The SMILES string of the molecule is CNc1ccccc1C(=O)Nc1ccnc(C)c1. The number of rotatable bonds is 3. The number of amides is 1. The molecule has 4 heteroatoms. The highest BCUT2D eigenvalue weighted by Crippen LogP contribution is 2.16. The molecular formula is C14H15N3O. The molecule has 18 heavy (non-hydrogen) atoms. The molecule has 0 saturated carbocycles. The second-order valence-electron chi connectivity index (χ2n) is 3.94. The van der Waals surface area contributed by atoms with Gasteiger partial charge in [-0.1, -0.05) is 12.1 Å². The van der Waals surface area contributed by atoms with E-state index in [1.165, 1.54) is 0 Å². The summed E-state index contributed by atoms with van der Waals surface area (Å²) in [4.78, 5) is 16.2. The van der Waals surface area contributed by atoms with Gasteiger partial charge < -0.3 is 10.6 Å². The average molecular weight is 241 g/mol. The highest BCUT2D eigenvalue weighted by Gasteiger charge is 2.10. The predicted octanol–water partition coefficient (Wildman–Crippen LogP) is 2.68. The van der Waals surface area contributed by atoms with Crippen molar-refractivity contribution in [2.45, 2.75) is 6.92 Å². The minimum Gasteiger partial charge on any atom is -0.387 e. The van der Waals surface area contributed by atoms with E-state index in [2.05, 4.69) is 15.6 Å². The summed E-state index contributed by atoms with van der Waals surface area (Å²) in [5.41, 5.74) is 3.04. The topological polar surface area (TPSA) is 54.0 Å². The minimum absolute atomic E-state index is 0.134. The third kappa shape index (κ3) is 2.66. The quantitative estimate of drug-likeness (QED) is 0.868. The number of nitrogens with zero attached hydrogens (tertiary/aromatic N) is 1. The van der Waals surface area contributed by atoms with Gasteiger partial charge in [0.1, 0.15) is 0 Å². The van der Waals surface area contributed by atoms with E-state index in [-0.39, 0.29) is 5.91 Å². The van der Waals surface area contributed by atoms with E-state index in [9.17, 15) is 4.79 Å². The Labute approximate surface area is 106 Å². The maximum atomic E-state index is 12.1. The standard InChI is InChI=1S/C14H15N3O/c1-10-9-11(7-8-16-10)17-14(18)12-5-3-4-6-13(12)15-2/h3-9,15H,1-2H3,(H,16,17,18). The Morgan fingerprint density at radius 2 is 2.00 bits per heavy atom. The van der Waals surface area contributed by atoms with E-state index in [1.54, 1.807) is 25.4 Å². The third-order valence-electron chi connectivity index (χ3n) is 2.60. The Morgan fingerprint density at radius 3 is 2.72 bits per heavy atom. The first kappa shape index (κ1) is 12.1.